The van der Waals surface area contributed by atoms with Crippen LogP contribution < -0.4 is 14.4 Å². The maximum Gasteiger partial charge on any atom is 0.260 e. The van der Waals surface area contributed by atoms with Crippen molar-refractivity contribution >= 4 is 42.6 Å². The van der Waals surface area contributed by atoms with Gasteiger partial charge in [0.1, 0.15) is 21.7 Å². The van der Waals surface area contributed by atoms with Gasteiger partial charge in [-0.15, -0.1) is 0 Å². The smallest absolute Gasteiger partial charge is 0.260 e. The van der Waals surface area contributed by atoms with E-state index in [4.69, 9.17) is 14.5 Å². The number of rotatable bonds is 14. The molecule has 0 saturated heterocycles. The van der Waals surface area contributed by atoms with Gasteiger partial charge >= 0.3 is 0 Å². The normalized spacial score (nSPS) is 11.9. The molecule has 11 heteroatoms. The van der Waals surface area contributed by atoms with Crippen molar-refractivity contribution in [1.82, 2.24) is 14.2 Å². The van der Waals surface area contributed by atoms with E-state index in [0.29, 0.717) is 47.3 Å². The van der Waals surface area contributed by atoms with E-state index < -0.39 is 10.0 Å². The number of aromatic nitrogens is 1. The maximum absolute atomic E-state index is 13.8. The van der Waals surface area contributed by atoms with Gasteiger partial charge in [0.05, 0.1) is 19.1 Å². The first-order valence-electron chi connectivity index (χ1n) is 12.8. The number of methoxy groups -OCH3 is 2. The summed E-state index contributed by atoms with van der Waals surface area (Å²) in [6.45, 7) is 5.97. The summed E-state index contributed by atoms with van der Waals surface area (Å²) in [5.74, 6) is 1.01. The number of unbranched alkanes of at least 4 members (excludes halogenated alkanes) is 1. The SMILES string of the molecule is CCCCN(CC)S(=O)(=O)c1ccc(C(=O)N(CCCN(C)C)c2nc3c(OC)ccc(OC)c3s2)cc1. The summed E-state index contributed by atoms with van der Waals surface area (Å²) in [5.41, 5.74) is 1.02. The molecule has 1 heterocycles. The van der Waals surface area contributed by atoms with Crippen molar-refractivity contribution in [3.63, 3.8) is 0 Å². The predicted molar refractivity (Wildman–Crippen MR) is 153 cm³/mol. The van der Waals surface area contributed by atoms with E-state index in [0.717, 1.165) is 30.5 Å². The zero-order valence-corrected chi connectivity index (χ0v) is 24.7. The van der Waals surface area contributed by atoms with Gasteiger partial charge < -0.3 is 14.4 Å². The van der Waals surface area contributed by atoms with Gasteiger partial charge in [-0.3, -0.25) is 9.69 Å². The summed E-state index contributed by atoms with van der Waals surface area (Å²) >= 11 is 1.36. The van der Waals surface area contributed by atoms with Crippen molar-refractivity contribution < 1.29 is 22.7 Å². The number of carbonyl (C=O) groups excluding carboxylic acids is 1. The molecule has 2 aromatic carbocycles. The Hall–Kier alpha value is -2.73. The molecule has 0 bridgehead atoms. The molecule has 0 unspecified atom stereocenters. The highest BCUT2D eigenvalue weighted by Gasteiger charge is 2.26. The van der Waals surface area contributed by atoms with Crippen LogP contribution in [-0.2, 0) is 10.0 Å². The Kier molecular flexibility index (Phi) is 10.5. The Balaban J connectivity index is 1.97. The van der Waals surface area contributed by atoms with Gasteiger partial charge in [0.25, 0.3) is 5.91 Å². The number of ether oxygens (including phenoxy) is 2. The number of thiazole rings is 1. The minimum Gasteiger partial charge on any atom is -0.495 e. The van der Waals surface area contributed by atoms with Crippen LogP contribution in [-0.4, -0.2) is 83.0 Å². The van der Waals surface area contributed by atoms with Crippen molar-refractivity contribution in [3.8, 4) is 11.5 Å². The van der Waals surface area contributed by atoms with E-state index in [1.165, 1.54) is 27.8 Å². The molecule has 9 nitrogen and oxygen atoms in total. The number of amides is 1. The summed E-state index contributed by atoms with van der Waals surface area (Å²) in [7, 11) is 3.52. The average molecular weight is 563 g/mol. The molecule has 0 radical (unpaired) electrons. The van der Waals surface area contributed by atoms with E-state index in [2.05, 4.69) is 4.90 Å². The molecule has 0 aliphatic carbocycles. The van der Waals surface area contributed by atoms with Gasteiger partial charge in [-0.25, -0.2) is 13.4 Å². The Morgan fingerprint density at radius 2 is 1.58 bits per heavy atom. The quantitative estimate of drug-likeness (QED) is 0.281. The molecule has 208 valence electrons. The van der Waals surface area contributed by atoms with Crippen LogP contribution in [0.2, 0.25) is 0 Å². The summed E-state index contributed by atoms with van der Waals surface area (Å²) in [6.07, 6.45) is 2.44. The number of sulfonamides is 1. The van der Waals surface area contributed by atoms with Crippen molar-refractivity contribution in [1.29, 1.82) is 0 Å². The fourth-order valence-electron chi connectivity index (χ4n) is 4.08. The topological polar surface area (TPSA) is 92.3 Å². The van der Waals surface area contributed by atoms with Crippen LogP contribution in [0.1, 0.15) is 43.5 Å². The van der Waals surface area contributed by atoms with E-state index in [1.807, 2.05) is 34.0 Å². The maximum atomic E-state index is 13.8. The highest BCUT2D eigenvalue weighted by Crippen LogP contribution is 2.40. The lowest BCUT2D eigenvalue weighted by molar-refractivity contribution is 0.0986. The standard InChI is InChI=1S/C27H38N4O5S2/c1-7-9-18-30(8-2)38(33,34)21-13-11-20(12-14-21)26(32)31(19-10-17-29(3)4)27-28-24-22(35-5)15-16-23(36-6)25(24)37-27/h11-16H,7-10,17-19H2,1-6H3. The molecule has 0 atom stereocenters. The fraction of sp³-hybridized carbons (Fsp3) is 0.481. The zero-order valence-electron chi connectivity index (χ0n) is 23.1. The van der Waals surface area contributed by atoms with Crippen LogP contribution in [0.15, 0.2) is 41.3 Å². The van der Waals surface area contributed by atoms with Gasteiger partial charge in [-0.05, 0) is 69.9 Å². The number of fused-ring (bicyclic) bond motifs is 1. The summed E-state index contributed by atoms with van der Waals surface area (Å²) in [6, 6.07) is 9.80. The first-order chi connectivity index (χ1) is 18.2. The molecule has 0 aliphatic rings. The van der Waals surface area contributed by atoms with Crippen LogP contribution in [0.3, 0.4) is 0 Å². The molecule has 1 amide bonds. The largest absolute Gasteiger partial charge is 0.495 e. The summed E-state index contributed by atoms with van der Waals surface area (Å²) < 4.78 is 39.5. The monoisotopic (exact) mass is 562 g/mol. The molecular formula is C27H38N4O5S2. The summed E-state index contributed by atoms with van der Waals surface area (Å²) in [5, 5.41) is 0.528. The first kappa shape index (κ1) is 29.8. The molecule has 0 spiro atoms. The molecule has 0 fully saturated rings. The van der Waals surface area contributed by atoms with E-state index in [9.17, 15) is 13.2 Å². The molecule has 0 aliphatic heterocycles. The Bertz CT molecular complexity index is 1280. The highest BCUT2D eigenvalue weighted by molar-refractivity contribution is 7.89. The number of anilines is 1. The van der Waals surface area contributed by atoms with Gasteiger partial charge in [0.15, 0.2) is 5.13 Å². The van der Waals surface area contributed by atoms with Gasteiger partial charge in [-0.1, -0.05) is 31.6 Å². The fourth-order valence-corrected chi connectivity index (χ4v) is 6.66. The van der Waals surface area contributed by atoms with E-state index >= 15 is 0 Å². The van der Waals surface area contributed by atoms with Crippen LogP contribution in [0.25, 0.3) is 10.2 Å². The lowest BCUT2D eigenvalue weighted by Crippen LogP contribution is -2.34. The second kappa shape index (κ2) is 13.4. The lowest BCUT2D eigenvalue weighted by Gasteiger charge is -2.22. The van der Waals surface area contributed by atoms with Gasteiger partial charge in [0, 0.05) is 25.2 Å². The molecule has 0 N–H and O–H groups in total. The second-order valence-electron chi connectivity index (χ2n) is 9.13. The number of nitrogens with zero attached hydrogens (tertiary/aromatic N) is 4. The van der Waals surface area contributed by atoms with Crippen LogP contribution in [0.5, 0.6) is 11.5 Å². The molecule has 3 aromatic rings. The van der Waals surface area contributed by atoms with Gasteiger partial charge in [-0.2, -0.15) is 4.31 Å². The van der Waals surface area contributed by atoms with Crippen LogP contribution in [0, 0.1) is 0 Å². The number of hydrogen-bond donors (Lipinski definition) is 0. The lowest BCUT2D eigenvalue weighted by atomic mass is 10.2. The number of carbonyl (C=O) groups is 1. The number of hydrogen-bond acceptors (Lipinski definition) is 8. The average Bonchev–Trinajstić information content (AvgIpc) is 3.35. The third kappa shape index (κ3) is 6.63. The van der Waals surface area contributed by atoms with Crippen molar-refractivity contribution in [2.75, 3.05) is 59.4 Å². The minimum atomic E-state index is -3.63. The molecule has 1 aromatic heterocycles. The Morgan fingerprint density at radius 1 is 0.921 bits per heavy atom. The van der Waals surface area contributed by atoms with Crippen LogP contribution >= 0.6 is 11.3 Å². The van der Waals surface area contributed by atoms with Crippen LogP contribution in [0.4, 0.5) is 5.13 Å². The first-order valence-corrected chi connectivity index (χ1v) is 15.0. The zero-order chi connectivity index (χ0) is 27.9. The Labute approximate surface area is 230 Å². The molecule has 0 saturated carbocycles. The third-order valence-corrected chi connectivity index (χ3v) is 9.30. The minimum absolute atomic E-state index is 0.181. The van der Waals surface area contributed by atoms with Crippen molar-refractivity contribution in [3.05, 3.63) is 42.0 Å². The highest BCUT2D eigenvalue weighted by atomic mass is 32.2. The second-order valence-corrected chi connectivity index (χ2v) is 12.0. The van der Waals surface area contributed by atoms with Gasteiger partial charge in [0.2, 0.25) is 10.0 Å². The number of benzene rings is 2. The molecular weight excluding hydrogens is 524 g/mol. The predicted octanol–water partition coefficient (Wildman–Crippen LogP) is 4.72. The third-order valence-electron chi connectivity index (χ3n) is 6.21. The van der Waals surface area contributed by atoms with Crippen molar-refractivity contribution in [2.24, 2.45) is 0 Å². The van der Waals surface area contributed by atoms with E-state index in [-0.39, 0.29) is 10.8 Å². The molecule has 38 heavy (non-hydrogen) atoms. The summed E-state index contributed by atoms with van der Waals surface area (Å²) in [4.78, 5) is 22.4. The van der Waals surface area contributed by atoms with E-state index in [1.54, 1.807) is 37.3 Å². The molecule has 3 rings (SSSR count). The Morgan fingerprint density at radius 3 is 2.16 bits per heavy atom. The van der Waals surface area contributed by atoms with Crippen molar-refractivity contribution in [2.45, 2.75) is 38.0 Å².